The first-order valence-electron chi connectivity index (χ1n) is 5.28. The van der Waals surface area contributed by atoms with Crippen molar-refractivity contribution in [3.05, 3.63) is 23.8 Å². The van der Waals surface area contributed by atoms with Gasteiger partial charge in [-0.2, -0.15) is 0 Å². The van der Waals surface area contributed by atoms with E-state index in [9.17, 15) is 0 Å². The minimum Gasteiger partial charge on any atom is -0.496 e. The largest absolute Gasteiger partial charge is 0.496 e. The van der Waals surface area contributed by atoms with E-state index >= 15 is 0 Å². The van der Waals surface area contributed by atoms with Crippen molar-refractivity contribution in [3.8, 4) is 5.75 Å². The second kappa shape index (κ2) is 4.53. The topological polar surface area (TPSA) is 21.7 Å². The minimum atomic E-state index is 0.816. The molecule has 0 unspecified atom stereocenters. The zero-order chi connectivity index (χ0) is 10.7. The summed E-state index contributed by atoms with van der Waals surface area (Å²) in [5, 5.41) is 0. The number of aryl methyl sites for hydroxylation is 1. The normalized spacial score (nSPS) is 16.5. The van der Waals surface area contributed by atoms with Crippen LogP contribution >= 0.6 is 0 Å². The van der Waals surface area contributed by atoms with Crippen molar-refractivity contribution in [1.29, 1.82) is 0 Å². The van der Waals surface area contributed by atoms with E-state index in [0.717, 1.165) is 32.1 Å². The van der Waals surface area contributed by atoms with Crippen molar-refractivity contribution in [2.45, 2.75) is 6.92 Å². The average molecular weight is 207 g/mol. The van der Waals surface area contributed by atoms with Gasteiger partial charge in [0.05, 0.1) is 20.3 Å². The maximum Gasteiger partial charge on any atom is 0.123 e. The fourth-order valence-corrected chi connectivity index (χ4v) is 1.83. The average Bonchev–Trinajstić information content (AvgIpc) is 2.31. The van der Waals surface area contributed by atoms with Gasteiger partial charge in [-0.05, 0) is 18.6 Å². The molecule has 0 bridgehead atoms. The molecule has 1 aromatic rings. The number of ether oxygens (including phenoxy) is 2. The Hall–Kier alpha value is -1.22. The maximum atomic E-state index is 5.33. The maximum absolute atomic E-state index is 5.33. The smallest absolute Gasteiger partial charge is 0.123 e. The summed E-state index contributed by atoms with van der Waals surface area (Å²) in [5.41, 5.74) is 2.40. The second-order valence-electron chi connectivity index (χ2n) is 3.75. The highest BCUT2D eigenvalue weighted by molar-refractivity contribution is 5.53. The third kappa shape index (κ3) is 2.23. The number of anilines is 1. The molecule has 0 saturated carbocycles. The van der Waals surface area contributed by atoms with Crippen LogP contribution in [0.3, 0.4) is 0 Å². The molecule has 82 valence electrons. The third-order valence-electron chi connectivity index (χ3n) is 2.77. The van der Waals surface area contributed by atoms with Crippen molar-refractivity contribution in [1.82, 2.24) is 0 Å². The molecule has 0 radical (unpaired) electrons. The SMILES string of the molecule is COc1cc(N2CCOCC2)ccc1C. The predicted octanol–water partition coefficient (Wildman–Crippen LogP) is 1.84. The van der Waals surface area contributed by atoms with Crippen molar-refractivity contribution in [2.75, 3.05) is 38.3 Å². The summed E-state index contributed by atoms with van der Waals surface area (Å²) >= 11 is 0. The van der Waals surface area contributed by atoms with E-state index in [1.54, 1.807) is 7.11 Å². The molecule has 0 spiro atoms. The van der Waals surface area contributed by atoms with E-state index in [2.05, 4.69) is 30.0 Å². The lowest BCUT2D eigenvalue weighted by Crippen LogP contribution is -2.36. The number of nitrogens with zero attached hydrogens (tertiary/aromatic N) is 1. The molecular weight excluding hydrogens is 190 g/mol. The van der Waals surface area contributed by atoms with Crippen LogP contribution in [-0.4, -0.2) is 33.4 Å². The van der Waals surface area contributed by atoms with Crippen molar-refractivity contribution in [2.24, 2.45) is 0 Å². The molecule has 1 aromatic carbocycles. The molecule has 3 nitrogen and oxygen atoms in total. The van der Waals surface area contributed by atoms with Gasteiger partial charge in [-0.25, -0.2) is 0 Å². The van der Waals surface area contributed by atoms with E-state index in [1.165, 1.54) is 11.3 Å². The molecular formula is C12H17NO2. The lowest BCUT2D eigenvalue weighted by Gasteiger charge is -2.29. The summed E-state index contributed by atoms with van der Waals surface area (Å²) < 4.78 is 10.6. The molecule has 0 aromatic heterocycles. The van der Waals surface area contributed by atoms with Crippen LogP contribution in [-0.2, 0) is 4.74 Å². The van der Waals surface area contributed by atoms with Gasteiger partial charge in [-0.15, -0.1) is 0 Å². The minimum absolute atomic E-state index is 0.816. The number of methoxy groups -OCH3 is 1. The van der Waals surface area contributed by atoms with Gasteiger partial charge < -0.3 is 14.4 Å². The highest BCUT2D eigenvalue weighted by Gasteiger charge is 2.12. The van der Waals surface area contributed by atoms with Gasteiger partial charge >= 0.3 is 0 Å². The molecule has 0 atom stereocenters. The Labute approximate surface area is 90.6 Å². The van der Waals surface area contributed by atoms with Gasteiger partial charge in [0.25, 0.3) is 0 Å². The monoisotopic (exact) mass is 207 g/mol. The van der Waals surface area contributed by atoms with E-state index in [4.69, 9.17) is 9.47 Å². The van der Waals surface area contributed by atoms with E-state index in [1.807, 2.05) is 0 Å². The Kier molecular flexibility index (Phi) is 3.11. The van der Waals surface area contributed by atoms with Crippen LogP contribution in [0.1, 0.15) is 5.56 Å². The summed E-state index contributed by atoms with van der Waals surface area (Å²) in [5.74, 6) is 0.957. The molecule has 15 heavy (non-hydrogen) atoms. The van der Waals surface area contributed by atoms with E-state index in [-0.39, 0.29) is 0 Å². The summed E-state index contributed by atoms with van der Waals surface area (Å²) in [6.07, 6.45) is 0. The predicted molar refractivity (Wildman–Crippen MR) is 60.8 cm³/mol. The van der Waals surface area contributed by atoms with Crippen LogP contribution < -0.4 is 9.64 Å². The molecule has 2 rings (SSSR count). The van der Waals surface area contributed by atoms with Crippen LogP contribution in [0.5, 0.6) is 5.75 Å². The van der Waals surface area contributed by atoms with Crippen molar-refractivity contribution < 1.29 is 9.47 Å². The number of benzene rings is 1. The van der Waals surface area contributed by atoms with E-state index < -0.39 is 0 Å². The molecule has 1 saturated heterocycles. The number of hydrogen-bond acceptors (Lipinski definition) is 3. The van der Waals surface area contributed by atoms with Gasteiger partial charge in [0, 0.05) is 24.8 Å². The highest BCUT2D eigenvalue weighted by Crippen LogP contribution is 2.25. The van der Waals surface area contributed by atoms with Crippen LogP contribution in [0.25, 0.3) is 0 Å². The van der Waals surface area contributed by atoms with Gasteiger partial charge in [0.15, 0.2) is 0 Å². The summed E-state index contributed by atoms with van der Waals surface area (Å²) in [6, 6.07) is 6.34. The Morgan fingerprint density at radius 1 is 1.27 bits per heavy atom. The quantitative estimate of drug-likeness (QED) is 0.738. The summed E-state index contributed by atoms with van der Waals surface area (Å²) in [4.78, 5) is 2.32. The number of rotatable bonds is 2. The standard InChI is InChI=1S/C12H17NO2/c1-10-3-4-11(9-12(10)14-2)13-5-7-15-8-6-13/h3-4,9H,5-8H2,1-2H3. The Balaban J connectivity index is 2.20. The molecule has 0 N–H and O–H groups in total. The van der Waals surface area contributed by atoms with Crippen LogP contribution in [0.2, 0.25) is 0 Å². The Bertz CT molecular complexity index is 332. The van der Waals surface area contributed by atoms with Crippen LogP contribution in [0.15, 0.2) is 18.2 Å². The third-order valence-corrected chi connectivity index (χ3v) is 2.77. The Morgan fingerprint density at radius 2 is 2.00 bits per heavy atom. The van der Waals surface area contributed by atoms with Gasteiger partial charge in [0.2, 0.25) is 0 Å². The molecule has 0 amide bonds. The fraction of sp³-hybridized carbons (Fsp3) is 0.500. The molecule has 1 fully saturated rings. The lowest BCUT2D eigenvalue weighted by molar-refractivity contribution is 0.122. The summed E-state index contributed by atoms with van der Waals surface area (Å²) in [6.45, 7) is 5.62. The van der Waals surface area contributed by atoms with Gasteiger partial charge in [-0.1, -0.05) is 6.07 Å². The first kappa shape index (κ1) is 10.3. The number of hydrogen-bond donors (Lipinski definition) is 0. The zero-order valence-electron chi connectivity index (χ0n) is 9.32. The van der Waals surface area contributed by atoms with Crippen LogP contribution in [0, 0.1) is 6.92 Å². The first-order chi connectivity index (χ1) is 7.31. The molecule has 1 aliphatic heterocycles. The Morgan fingerprint density at radius 3 is 2.67 bits per heavy atom. The second-order valence-corrected chi connectivity index (χ2v) is 3.75. The molecule has 1 heterocycles. The van der Waals surface area contributed by atoms with Gasteiger partial charge in [0.1, 0.15) is 5.75 Å². The molecule has 0 aliphatic carbocycles. The highest BCUT2D eigenvalue weighted by atomic mass is 16.5. The molecule has 3 heteroatoms. The fourth-order valence-electron chi connectivity index (χ4n) is 1.83. The van der Waals surface area contributed by atoms with Gasteiger partial charge in [-0.3, -0.25) is 0 Å². The summed E-state index contributed by atoms with van der Waals surface area (Å²) in [7, 11) is 1.71. The first-order valence-corrected chi connectivity index (χ1v) is 5.28. The van der Waals surface area contributed by atoms with Crippen molar-refractivity contribution >= 4 is 5.69 Å². The number of morpholine rings is 1. The lowest BCUT2D eigenvalue weighted by atomic mass is 10.2. The van der Waals surface area contributed by atoms with Crippen molar-refractivity contribution in [3.63, 3.8) is 0 Å². The van der Waals surface area contributed by atoms with E-state index in [0.29, 0.717) is 0 Å². The van der Waals surface area contributed by atoms with Crippen LogP contribution in [0.4, 0.5) is 5.69 Å². The molecule has 1 aliphatic rings. The zero-order valence-corrected chi connectivity index (χ0v) is 9.32.